The van der Waals surface area contributed by atoms with Crippen molar-refractivity contribution in [3.8, 4) is 0 Å². The molecule has 39 heavy (non-hydrogen) atoms. The molecule has 2 aliphatic heterocycles. The van der Waals surface area contributed by atoms with E-state index in [9.17, 15) is 24.3 Å². The average Bonchev–Trinajstić information content (AvgIpc) is 2.92. The van der Waals surface area contributed by atoms with Crippen LogP contribution in [0.3, 0.4) is 0 Å². The van der Waals surface area contributed by atoms with E-state index in [1.165, 1.54) is 5.01 Å². The molecule has 10 nitrogen and oxygen atoms in total. The van der Waals surface area contributed by atoms with Crippen LogP contribution in [0.4, 0.5) is 0 Å². The molecule has 5 N–H and O–H groups in total. The lowest BCUT2D eigenvalue weighted by molar-refractivity contribution is -0.143. The molecule has 1 fully saturated rings. The Kier molecular flexibility index (Phi) is 10.7. The van der Waals surface area contributed by atoms with Gasteiger partial charge in [-0.1, -0.05) is 51.1 Å². The molecule has 1 aromatic carbocycles. The standard InChI is InChI=1S/C29H43N5O5/c1-17(2)25-28(38)31-20(5)29(39)34-15-9-13-23(33-34)27(37)30-19(4)22-12-8-11-21(16-22)10-6-7-14-24(35)18(3)26(36)32-25/h6,8,10-12,16-20,23-25,33,35H,7,9,13-15H2,1-5H3,(H,30,37)(H,31,38)(H,32,36)/b10-6+/t18?,19-,20?,23+,24-,25?/m1/s1. The summed E-state index contributed by atoms with van der Waals surface area (Å²) in [6, 6.07) is 5.26. The molecular weight excluding hydrogens is 498 g/mol. The number of benzene rings is 1. The Balaban J connectivity index is 1.85. The fraction of sp³-hybridized carbons (Fsp3) is 0.586. The van der Waals surface area contributed by atoms with Gasteiger partial charge in [0.25, 0.3) is 5.91 Å². The number of hydrogen-bond donors (Lipinski definition) is 5. The lowest BCUT2D eigenvalue weighted by Gasteiger charge is -2.35. The van der Waals surface area contributed by atoms with Crippen molar-refractivity contribution in [2.75, 3.05) is 6.54 Å². The molecule has 1 aromatic rings. The number of fused-ring (bicyclic) bond motifs is 4. The first-order valence-corrected chi connectivity index (χ1v) is 13.9. The minimum Gasteiger partial charge on any atom is -0.392 e. The highest BCUT2D eigenvalue weighted by molar-refractivity contribution is 5.92. The average molecular weight is 542 g/mol. The highest BCUT2D eigenvalue weighted by Gasteiger charge is 2.34. The van der Waals surface area contributed by atoms with E-state index in [1.807, 2.05) is 43.3 Å². The van der Waals surface area contributed by atoms with E-state index in [-0.39, 0.29) is 23.8 Å². The van der Waals surface area contributed by atoms with Crippen molar-refractivity contribution in [2.24, 2.45) is 11.8 Å². The Labute approximate surface area is 230 Å². The molecule has 3 unspecified atom stereocenters. The van der Waals surface area contributed by atoms with E-state index in [1.54, 1.807) is 27.7 Å². The number of carbonyl (C=O) groups is 4. The van der Waals surface area contributed by atoms with Gasteiger partial charge in [-0.25, -0.2) is 5.43 Å². The van der Waals surface area contributed by atoms with Gasteiger partial charge in [-0.15, -0.1) is 0 Å². The summed E-state index contributed by atoms with van der Waals surface area (Å²) in [5.74, 6) is -2.43. The maximum Gasteiger partial charge on any atom is 0.258 e. The second kappa shape index (κ2) is 13.7. The van der Waals surface area contributed by atoms with Gasteiger partial charge in [0.15, 0.2) is 0 Å². The summed E-state index contributed by atoms with van der Waals surface area (Å²) in [6.45, 7) is 9.15. The number of hydrazine groups is 1. The molecule has 0 radical (unpaired) electrons. The molecule has 4 bridgehead atoms. The van der Waals surface area contributed by atoms with Gasteiger partial charge >= 0.3 is 0 Å². The molecule has 0 aromatic heterocycles. The van der Waals surface area contributed by atoms with Crippen LogP contribution in [0, 0.1) is 11.8 Å². The van der Waals surface area contributed by atoms with Crippen molar-refractivity contribution >= 4 is 29.7 Å². The van der Waals surface area contributed by atoms with Crippen LogP contribution < -0.4 is 21.4 Å². The van der Waals surface area contributed by atoms with Gasteiger partial charge in [0.2, 0.25) is 17.7 Å². The Hall–Kier alpha value is -3.24. The van der Waals surface area contributed by atoms with E-state index < -0.39 is 42.0 Å². The molecule has 1 saturated heterocycles. The Morgan fingerprint density at radius 2 is 1.64 bits per heavy atom. The summed E-state index contributed by atoms with van der Waals surface area (Å²) < 4.78 is 0. The van der Waals surface area contributed by atoms with Crippen molar-refractivity contribution in [1.82, 2.24) is 26.4 Å². The van der Waals surface area contributed by atoms with Gasteiger partial charge in [0.1, 0.15) is 18.1 Å². The van der Waals surface area contributed by atoms with Crippen LogP contribution in [0.2, 0.25) is 0 Å². The molecule has 0 spiro atoms. The Bertz CT molecular complexity index is 1070. The summed E-state index contributed by atoms with van der Waals surface area (Å²) in [4.78, 5) is 52.2. The van der Waals surface area contributed by atoms with Gasteiger partial charge in [-0.2, -0.15) is 0 Å². The zero-order chi connectivity index (χ0) is 28.7. The SMILES string of the molecule is CC1NC(=O)C(C(C)C)NC(=O)C(C)[C@H](O)CC/C=C/c2cccc(c2)[C@@H](C)NC(=O)[C@@H]2CCCN(N2)C1=O. The number of carbonyl (C=O) groups excluding carboxylic acids is 4. The van der Waals surface area contributed by atoms with Crippen molar-refractivity contribution in [2.45, 2.75) is 90.6 Å². The monoisotopic (exact) mass is 541 g/mol. The topological polar surface area (TPSA) is 140 Å². The first-order chi connectivity index (χ1) is 18.5. The van der Waals surface area contributed by atoms with E-state index >= 15 is 0 Å². The fourth-order valence-corrected chi connectivity index (χ4v) is 4.79. The number of nitrogens with zero attached hydrogens (tertiary/aromatic N) is 1. The lowest BCUT2D eigenvalue weighted by atomic mass is 9.96. The van der Waals surface area contributed by atoms with E-state index in [2.05, 4.69) is 21.4 Å². The summed E-state index contributed by atoms with van der Waals surface area (Å²) in [5.41, 5.74) is 4.93. The van der Waals surface area contributed by atoms with Crippen LogP contribution in [-0.2, 0) is 19.2 Å². The number of amides is 4. The molecule has 2 heterocycles. The minimum absolute atomic E-state index is 0.203. The zero-order valence-corrected chi connectivity index (χ0v) is 23.6. The molecule has 4 amide bonds. The first kappa shape index (κ1) is 30.3. The van der Waals surface area contributed by atoms with Crippen LogP contribution in [0.5, 0.6) is 0 Å². The van der Waals surface area contributed by atoms with Crippen molar-refractivity contribution in [1.29, 1.82) is 0 Å². The third-order valence-electron chi connectivity index (χ3n) is 7.44. The second-order valence-corrected chi connectivity index (χ2v) is 11.0. The summed E-state index contributed by atoms with van der Waals surface area (Å²) in [5, 5.41) is 20.5. The number of nitrogens with one attached hydrogen (secondary N) is 4. The first-order valence-electron chi connectivity index (χ1n) is 13.9. The molecular formula is C29H43N5O5. The second-order valence-electron chi connectivity index (χ2n) is 11.0. The smallest absolute Gasteiger partial charge is 0.258 e. The van der Waals surface area contributed by atoms with Gasteiger partial charge in [0, 0.05) is 6.54 Å². The zero-order valence-electron chi connectivity index (χ0n) is 23.6. The highest BCUT2D eigenvalue weighted by Crippen LogP contribution is 2.18. The van der Waals surface area contributed by atoms with Gasteiger partial charge in [-0.05, 0) is 62.6 Å². The maximum absolute atomic E-state index is 13.2. The Morgan fingerprint density at radius 3 is 2.36 bits per heavy atom. The molecule has 3 rings (SSSR count). The largest absolute Gasteiger partial charge is 0.392 e. The van der Waals surface area contributed by atoms with Crippen molar-refractivity contribution in [3.05, 3.63) is 41.5 Å². The third kappa shape index (κ3) is 8.12. The summed E-state index contributed by atoms with van der Waals surface area (Å²) >= 11 is 0. The highest BCUT2D eigenvalue weighted by atomic mass is 16.3. The maximum atomic E-state index is 13.2. The van der Waals surface area contributed by atoms with Gasteiger partial charge in [-0.3, -0.25) is 24.2 Å². The lowest BCUT2D eigenvalue weighted by Crippen LogP contribution is -2.62. The van der Waals surface area contributed by atoms with Crippen molar-refractivity contribution in [3.63, 3.8) is 0 Å². The number of aliphatic hydroxyl groups is 1. The van der Waals surface area contributed by atoms with Gasteiger partial charge < -0.3 is 21.1 Å². The number of rotatable bonds is 1. The molecule has 0 saturated carbocycles. The molecule has 2 aliphatic rings. The predicted octanol–water partition coefficient (Wildman–Crippen LogP) is 1.81. The quantitative estimate of drug-likeness (QED) is 0.367. The van der Waals surface area contributed by atoms with Crippen LogP contribution in [0.1, 0.15) is 77.5 Å². The van der Waals surface area contributed by atoms with Crippen LogP contribution in [0.25, 0.3) is 6.08 Å². The number of aliphatic hydroxyl groups excluding tert-OH is 1. The predicted molar refractivity (Wildman–Crippen MR) is 149 cm³/mol. The number of allylic oxidation sites excluding steroid dienone is 1. The van der Waals surface area contributed by atoms with Crippen LogP contribution >= 0.6 is 0 Å². The van der Waals surface area contributed by atoms with Crippen molar-refractivity contribution < 1.29 is 24.3 Å². The normalized spacial score (nSPS) is 30.9. The van der Waals surface area contributed by atoms with E-state index in [0.29, 0.717) is 32.2 Å². The molecule has 10 heteroatoms. The van der Waals surface area contributed by atoms with Gasteiger partial charge in [0.05, 0.1) is 18.1 Å². The van der Waals surface area contributed by atoms with Crippen LogP contribution in [-0.4, -0.2) is 64.5 Å². The summed E-state index contributed by atoms with van der Waals surface area (Å²) in [7, 11) is 0. The third-order valence-corrected chi connectivity index (χ3v) is 7.44. The Morgan fingerprint density at radius 1 is 0.923 bits per heavy atom. The molecule has 0 aliphatic carbocycles. The van der Waals surface area contributed by atoms with E-state index in [4.69, 9.17) is 0 Å². The molecule has 6 atom stereocenters. The van der Waals surface area contributed by atoms with Crippen LogP contribution in [0.15, 0.2) is 30.3 Å². The summed E-state index contributed by atoms with van der Waals surface area (Å²) in [6.07, 6.45) is 5.18. The molecule has 214 valence electrons. The fourth-order valence-electron chi connectivity index (χ4n) is 4.79. The van der Waals surface area contributed by atoms with E-state index in [0.717, 1.165) is 11.1 Å². The minimum atomic E-state index is -0.886. The number of hydrogen-bond acceptors (Lipinski definition) is 6.